The Morgan fingerprint density at radius 2 is 1.73 bits per heavy atom. The van der Waals surface area contributed by atoms with Crippen LogP contribution in [-0.4, -0.2) is 29.4 Å². The molecule has 0 bridgehead atoms. The summed E-state index contributed by atoms with van der Waals surface area (Å²) in [6.07, 6.45) is 0.532. The van der Waals surface area contributed by atoms with Crippen LogP contribution in [-0.2, 0) is 6.42 Å². The molecule has 0 radical (unpaired) electrons. The van der Waals surface area contributed by atoms with Gasteiger partial charge in [-0.25, -0.2) is 0 Å². The van der Waals surface area contributed by atoms with Gasteiger partial charge < -0.3 is 13.9 Å². The summed E-state index contributed by atoms with van der Waals surface area (Å²) in [5.74, 6) is 1.93. The molecule has 0 fully saturated rings. The van der Waals surface area contributed by atoms with E-state index >= 15 is 0 Å². The fourth-order valence-electron chi connectivity index (χ4n) is 2.26. The third-order valence-corrected chi connectivity index (χ3v) is 3.62. The Morgan fingerprint density at radius 3 is 2.32 bits per heavy atom. The van der Waals surface area contributed by atoms with Crippen LogP contribution in [0.1, 0.15) is 22.9 Å². The lowest BCUT2D eigenvalue weighted by atomic mass is 10.1. The zero-order chi connectivity index (χ0) is 15.7. The molecule has 0 unspecified atom stereocenters. The van der Waals surface area contributed by atoms with Gasteiger partial charge in [0.05, 0.1) is 12.1 Å². The molecule has 6 heteroatoms. The average molecular weight is 298 g/mol. The SMILES string of the molecule is Cc1noc(C)c1Cc1nc(-c2ccc(N(C)C)cc2)no1. The summed E-state index contributed by atoms with van der Waals surface area (Å²) < 4.78 is 10.5. The maximum Gasteiger partial charge on any atom is 0.231 e. The zero-order valence-electron chi connectivity index (χ0n) is 13.1. The van der Waals surface area contributed by atoms with Crippen LogP contribution in [0, 0.1) is 13.8 Å². The fraction of sp³-hybridized carbons (Fsp3) is 0.312. The predicted molar refractivity (Wildman–Crippen MR) is 82.8 cm³/mol. The molecule has 3 rings (SSSR count). The van der Waals surface area contributed by atoms with Crippen molar-refractivity contribution in [2.45, 2.75) is 20.3 Å². The van der Waals surface area contributed by atoms with E-state index in [9.17, 15) is 0 Å². The van der Waals surface area contributed by atoms with E-state index in [0.717, 1.165) is 28.3 Å². The Kier molecular flexibility index (Phi) is 3.66. The van der Waals surface area contributed by atoms with Crippen molar-refractivity contribution in [3.05, 3.63) is 47.2 Å². The molecule has 0 aliphatic rings. The first-order chi connectivity index (χ1) is 10.5. The first-order valence-electron chi connectivity index (χ1n) is 7.06. The fourth-order valence-corrected chi connectivity index (χ4v) is 2.26. The van der Waals surface area contributed by atoms with Gasteiger partial charge in [0.15, 0.2) is 0 Å². The van der Waals surface area contributed by atoms with Crippen LogP contribution in [0.2, 0.25) is 0 Å². The Bertz CT molecular complexity index is 752. The van der Waals surface area contributed by atoms with Crippen molar-refractivity contribution in [3.63, 3.8) is 0 Å². The molecule has 0 N–H and O–H groups in total. The van der Waals surface area contributed by atoms with E-state index in [1.165, 1.54) is 0 Å². The number of nitrogens with zero attached hydrogens (tertiary/aromatic N) is 4. The number of aromatic nitrogens is 3. The molecule has 2 heterocycles. The van der Waals surface area contributed by atoms with Gasteiger partial charge in [0, 0.05) is 30.9 Å². The number of hydrogen-bond donors (Lipinski definition) is 0. The molecule has 3 aromatic rings. The highest BCUT2D eigenvalue weighted by Gasteiger charge is 2.15. The van der Waals surface area contributed by atoms with Gasteiger partial charge in [-0.3, -0.25) is 0 Å². The van der Waals surface area contributed by atoms with Crippen LogP contribution in [0.5, 0.6) is 0 Å². The van der Waals surface area contributed by atoms with Gasteiger partial charge in [-0.1, -0.05) is 10.3 Å². The minimum Gasteiger partial charge on any atom is -0.378 e. The first-order valence-corrected chi connectivity index (χ1v) is 7.06. The second-order valence-electron chi connectivity index (χ2n) is 5.43. The van der Waals surface area contributed by atoms with E-state index < -0.39 is 0 Å². The molecule has 0 aliphatic heterocycles. The number of anilines is 1. The molecule has 114 valence electrons. The average Bonchev–Trinajstić information content (AvgIpc) is 3.10. The van der Waals surface area contributed by atoms with E-state index in [1.54, 1.807) is 0 Å². The number of rotatable bonds is 4. The third-order valence-electron chi connectivity index (χ3n) is 3.62. The zero-order valence-corrected chi connectivity index (χ0v) is 13.1. The summed E-state index contributed by atoms with van der Waals surface area (Å²) in [5.41, 5.74) is 3.91. The highest BCUT2D eigenvalue weighted by Crippen LogP contribution is 2.22. The molecule has 1 aromatic carbocycles. The van der Waals surface area contributed by atoms with Crippen LogP contribution in [0.3, 0.4) is 0 Å². The molecule has 0 aliphatic carbocycles. The highest BCUT2D eigenvalue weighted by atomic mass is 16.5. The van der Waals surface area contributed by atoms with Crippen molar-refractivity contribution in [1.82, 2.24) is 15.3 Å². The molecule has 0 saturated heterocycles. The van der Waals surface area contributed by atoms with Gasteiger partial charge in [0.2, 0.25) is 11.7 Å². The van der Waals surface area contributed by atoms with E-state index in [-0.39, 0.29) is 0 Å². The smallest absolute Gasteiger partial charge is 0.231 e. The Balaban J connectivity index is 1.81. The molecule has 6 nitrogen and oxygen atoms in total. The van der Waals surface area contributed by atoms with Gasteiger partial charge in [-0.05, 0) is 38.1 Å². The first kappa shape index (κ1) is 14.3. The Morgan fingerprint density at radius 1 is 1.00 bits per heavy atom. The summed E-state index contributed by atoms with van der Waals surface area (Å²) in [7, 11) is 4.01. The molecular formula is C16H18N4O2. The number of benzene rings is 1. The van der Waals surface area contributed by atoms with E-state index in [4.69, 9.17) is 9.05 Å². The maximum atomic E-state index is 5.34. The summed E-state index contributed by atoms with van der Waals surface area (Å²) >= 11 is 0. The van der Waals surface area contributed by atoms with Crippen LogP contribution < -0.4 is 4.90 Å². The van der Waals surface area contributed by atoms with Crippen LogP contribution >= 0.6 is 0 Å². The van der Waals surface area contributed by atoms with E-state index in [1.807, 2.05) is 57.1 Å². The maximum absolute atomic E-state index is 5.34. The molecule has 22 heavy (non-hydrogen) atoms. The standard InChI is InChI=1S/C16H18N4O2/c1-10-14(11(2)21-18-10)9-15-17-16(19-22-15)12-5-7-13(8-6-12)20(3)4/h5-8H,9H2,1-4H3. The molecule has 0 saturated carbocycles. The lowest BCUT2D eigenvalue weighted by molar-refractivity contribution is 0.381. The summed E-state index contributed by atoms with van der Waals surface area (Å²) in [6, 6.07) is 8.03. The lowest BCUT2D eigenvalue weighted by Gasteiger charge is -2.11. The van der Waals surface area contributed by atoms with E-state index in [2.05, 4.69) is 15.3 Å². The quantitative estimate of drug-likeness (QED) is 0.737. The Labute approximate surface area is 128 Å². The monoisotopic (exact) mass is 298 g/mol. The molecule has 2 aromatic heterocycles. The molecular weight excluding hydrogens is 280 g/mol. The van der Waals surface area contributed by atoms with Crippen molar-refractivity contribution in [1.29, 1.82) is 0 Å². The largest absolute Gasteiger partial charge is 0.378 e. The number of aryl methyl sites for hydroxylation is 2. The van der Waals surface area contributed by atoms with Crippen LogP contribution in [0.4, 0.5) is 5.69 Å². The lowest BCUT2D eigenvalue weighted by Crippen LogP contribution is -2.07. The van der Waals surface area contributed by atoms with Crippen molar-refractivity contribution >= 4 is 5.69 Å². The molecule has 0 spiro atoms. The minimum absolute atomic E-state index is 0.532. The Hall–Kier alpha value is -2.63. The van der Waals surface area contributed by atoms with Crippen LogP contribution in [0.15, 0.2) is 33.3 Å². The van der Waals surface area contributed by atoms with Crippen molar-refractivity contribution < 1.29 is 9.05 Å². The minimum atomic E-state index is 0.532. The van der Waals surface area contributed by atoms with E-state index in [0.29, 0.717) is 18.1 Å². The predicted octanol–water partition coefficient (Wildman–Crippen LogP) is 3.00. The normalized spacial score (nSPS) is 10.9. The van der Waals surface area contributed by atoms with Crippen molar-refractivity contribution in [2.24, 2.45) is 0 Å². The van der Waals surface area contributed by atoms with Crippen molar-refractivity contribution in [2.75, 3.05) is 19.0 Å². The summed E-state index contributed by atoms with van der Waals surface area (Å²) in [5, 5.41) is 7.98. The summed E-state index contributed by atoms with van der Waals surface area (Å²) in [4.78, 5) is 6.50. The van der Waals surface area contributed by atoms with Crippen molar-refractivity contribution in [3.8, 4) is 11.4 Å². The molecule has 0 amide bonds. The molecule has 0 atom stereocenters. The van der Waals surface area contributed by atoms with Gasteiger partial charge in [-0.2, -0.15) is 4.98 Å². The van der Waals surface area contributed by atoms with Crippen LogP contribution in [0.25, 0.3) is 11.4 Å². The van der Waals surface area contributed by atoms with Gasteiger partial charge in [-0.15, -0.1) is 0 Å². The topological polar surface area (TPSA) is 68.2 Å². The second kappa shape index (κ2) is 5.63. The van der Waals surface area contributed by atoms with Gasteiger partial charge in [0.1, 0.15) is 5.76 Å². The highest BCUT2D eigenvalue weighted by molar-refractivity contribution is 5.59. The second-order valence-corrected chi connectivity index (χ2v) is 5.43. The summed E-state index contributed by atoms with van der Waals surface area (Å²) in [6.45, 7) is 3.79. The number of hydrogen-bond acceptors (Lipinski definition) is 6. The van der Waals surface area contributed by atoms with Gasteiger partial charge in [0.25, 0.3) is 0 Å². The third kappa shape index (κ3) is 2.72. The van der Waals surface area contributed by atoms with Gasteiger partial charge >= 0.3 is 0 Å².